The Morgan fingerprint density at radius 2 is 1.53 bits per heavy atom. The Bertz CT molecular complexity index is 1340. The Balaban J connectivity index is 1.58. The minimum Gasteiger partial charge on any atom is -0.497 e. The van der Waals surface area contributed by atoms with E-state index >= 15 is 0 Å². The predicted octanol–water partition coefficient (Wildman–Crippen LogP) is 1.74. The molecule has 11 heteroatoms. The smallest absolute Gasteiger partial charge is 0.323 e. The molecule has 3 aromatic rings. The summed E-state index contributed by atoms with van der Waals surface area (Å²) >= 11 is 0. The highest BCUT2D eigenvalue weighted by Crippen LogP contribution is 2.21. The fourth-order valence-electron chi connectivity index (χ4n) is 3.31. The van der Waals surface area contributed by atoms with Crippen LogP contribution in [0.2, 0.25) is 0 Å². The molecule has 0 aliphatic carbocycles. The zero-order valence-electron chi connectivity index (χ0n) is 19.4. The summed E-state index contributed by atoms with van der Waals surface area (Å²) in [5.74, 6) is -1.44. The third-order valence-electron chi connectivity index (χ3n) is 5.32. The molecule has 6 N–H and O–H groups in total. The fourth-order valence-corrected chi connectivity index (χ4v) is 4.50. The van der Waals surface area contributed by atoms with E-state index in [4.69, 9.17) is 15.9 Å². The number of aliphatic carboxylic acids is 1. The maximum atomic E-state index is 12.5. The zero-order valence-corrected chi connectivity index (χ0v) is 20.2. The molecule has 0 saturated heterocycles. The van der Waals surface area contributed by atoms with Crippen molar-refractivity contribution in [2.24, 2.45) is 5.73 Å². The van der Waals surface area contributed by atoms with Gasteiger partial charge in [0.05, 0.1) is 18.4 Å². The second-order valence-corrected chi connectivity index (χ2v) is 9.57. The van der Waals surface area contributed by atoms with Gasteiger partial charge in [0.2, 0.25) is 15.9 Å². The maximum Gasteiger partial charge on any atom is 0.323 e. The first-order valence-electron chi connectivity index (χ1n) is 10.8. The number of methoxy groups -OCH3 is 1. The van der Waals surface area contributed by atoms with Crippen molar-refractivity contribution in [2.45, 2.75) is 17.4 Å². The quantitative estimate of drug-likeness (QED) is 0.193. The van der Waals surface area contributed by atoms with Gasteiger partial charge in [-0.3, -0.25) is 15.0 Å². The SMILES string of the molecule is COc1ccc(S(=O)(=O)N[C@@H](CNC(=O)Cc2ccc(-c3ccc(C(=N)N)cc3)cc2)C(=O)O)cc1. The molecule has 0 bridgehead atoms. The molecule has 0 fully saturated rings. The van der Waals surface area contributed by atoms with Crippen LogP contribution < -0.4 is 20.5 Å². The number of nitrogens with one attached hydrogen (secondary N) is 3. The van der Waals surface area contributed by atoms with Crippen LogP contribution in [0.25, 0.3) is 11.1 Å². The first-order chi connectivity index (χ1) is 17.1. The molecular weight excluding hydrogens is 484 g/mol. The molecule has 3 aromatic carbocycles. The highest BCUT2D eigenvalue weighted by molar-refractivity contribution is 7.89. The van der Waals surface area contributed by atoms with Crippen molar-refractivity contribution in [3.05, 3.63) is 83.9 Å². The van der Waals surface area contributed by atoms with Crippen molar-refractivity contribution in [1.82, 2.24) is 10.0 Å². The van der Waals surface area contributed by atoms with Gasteiger partial charge < -0.3 is 20.9 Å². The van der Waals surface area contributed by atoms with Crippen LogP contribution >= 0.6 is 0 Å². The molecule has 0 aromatic heterocycles. The van der Waals surface area contributed by atoms with Crippen LogP contribution in [0.15, 0.2) is 77.7 Å². The van der Waals surface area contributed by atoms with Gasteiger partial charge in [-0.05, 0) is 41.0 Å². The Kier molecular flexibility index (Phi) is 8.41. The second kappa shape index (κ2) is 11.5. The van der Waals surface area contributed by atoms with Gasteiger partial charge in [0.15, 0.2) is 0 Å². The summed E-state index contributed by atoms with van der Waals surface area (Å²) in [4.78, 5) is 23.8. The van der Waals surface area contributed by atoms with Crippen LogP contribution in [-0.4, -0.2) is 50.9 Å². The zero-order chi connectivity index (χ0) is 26.3. The molecule has 10 nitrogen and oxygen atoms in total. The number of nitrogens with two attached hydrogens (primary N) is 1. The van der Waals surface area contributed by atoms with E-state index in [9.17, 15) is 23.1 Å². The number of rotatable bonds is 11. The molecule has 188 valence electrons. The third-order valence-corrected chi connectivity index (χ3v) is 6.80. The highest BCUT2D eigenvalue weighted by atomic mass is 32.2. The summed E-state index contributed by atoms with van der Waals surface area (Å²) in [5, 5.41) is 19.4. The van der Waals surface area contributed by atoms with Crippen LogP contribution in [0.5, 0.6) is 5.75 Å². The summed E-state index contributed by atoms with van der Waals surface area (Å²) in [6.07, 6.45) is -0.0128. The van der Waals surface area contributed by atoms with Crippen molar-refractivity contribution in [3.8, 4) is 16.9 Å². The lowest BCUT2D eigenvalue weighted by Crippen LogP contribution is -2.48. The molecule has 0 radical (unpaired) electrons. The fraction of sp³-hybridized carbons (Fsp3) is 0.160. The monoisotopic (exact) mass is 510 g/mol. The second-order valence-electron chi connectivity index (χ2n) is 7.86. The molecule has 0 saturated carbocycles. The summed E-state index contributed by atoms with van der Waals surface area (Å²) in [7, 11) is -2.69. The first kappa shape index (κ1) is 26.4. The maximum absolute atomic E-state index is 12.5. The summed E-state index contributed by atoms with van der Waals surface area (Å²) in [6.45, 7) is -0.426. The lowest BCUT2D eigenvalue weighted by Gasteiger charge is -2.16. The van der Waals surface area contributed by atoms with Crippen LogP contribution in [0, 0.1) is 5.41 Å². The number of benzene rings is 3. The van der Waals surface area contributed by atoms with Crippen molar-refractivity contribution < 1.29 is 27.9 Å². The largest absolute Gasteiger partial charge is 0.497 e. The molecule has 1 amide bonds. The minimum atomic E-state index is -4.13. The van der Waals surface area contributed by atoms with Crippen molar-refractivity contribution >= 4 is 27.7 Å². The number of nitrogen functional groups attached to an aromatic ring is 1. The van der Waals surface area contributed by atoms with E-state index in [0.717, 1.165) is 11.1 Å². The van der Waals surface area contributed by atoms with Crippen LogP contribution in [-0.2, 0) is 26.0 Å². The summed E-state index contributed by atoms with van der Waals surface area (Å²) < 4.78 is 32.2. The summed E-state index contributed by atoms with van der Waals surface area (Å²) in [6, 6.07) is 18.3. The highest BCUT2D eigenvalue weighted by Gasteiger charge is 2.26. The van der Waals surface area contributed by atoms with Gasteiger partial charge in [0.1, 0.15) is 17.6 Å². The number of hydrogen-bond donors (Lipinski definition) is 5. The molecule has 0 heterocycles. The van der Waals surface area contributed by atoms with E-state index < -0.39 is 34.5 Å². The lowest BCUT2D eigenvalue weighted by atomic mass is 10.0. The van der Waals surface area contributed by atoms with Gasteiger partial charge in [-0.1, -0.05) is 48.5 Å². The van der Waals surface area contributed by atoms with Gasteiger partial charge >= 0.3 is 5.97 Å². The molecule has 0 aliphatic rings. The Hall–Kier alpha value is -4.22. The lowest BCUT2D eigenvalue weighted by molar-refractivity contribution is -0.138. The number of carbonyl (C=O) groups is 2. The molecular formula is C25H26N4O6S. The van der Waals surface area contributed by atoms with Crippen LogP contribution in [0.1, 0.15) is 11.1 Å². The molecule has 0 unspecified atom stereocenters. The molecule has 3 rings (SSSR count). The molecule has 0 aliphatic heterocycles. The number of ether oxygens (including phenoxy) is 1. The molecule has 36 heavy (non-hydrogen) atoms. The van der Waals surface area contributed by atoms with E-state index in [0.29, 0.717) is 16.9 Å². The van der Waals surface area contributed by atoms with E-state index in [-0.39, 0.29) is 17.2 Å². The summed E-state index contributed by atoms with van der Waals surface area (Å²) in [5.41, 5.74) is 8.62. The molecule has 1 atom stereocenters. The van der Waals surface area contributed by atoms with E-state index in [1.54, 1.807) is 24.3 Å². The van der Waals surface area contributed by atoms with Gasteiger partial charge in [-0.2, -0.15) is 4.72 Å². The van der Waals surface area contributed by atoms with E-state index in [1.807, 2.05) is 24.3 Å². The van der Waals surface area contributed by atoms with Crippen molar-refractivity contribution in [1.29, 1.82) is 5.41 Å². The normalized spacial score (nSPS) is 11.9. The number of carbonyl (C=O) groups excluding carboxylic acids is 1. The first-order valence-corrected chi connectivity index (χ1v) is 12.3. The standard InChI is InChI=1S/C25H26N4O6S/c1-35-20-10-12-21(13-11-20)36(33,34)29-22(25(31)32)15-28-23(30)14-16-2-4-17(5-3-16)18-6-8-19(9-7-18)24(26)27/h2-13,22,29H,14-15H2,1H3,(H3,26,27)(H,28,30)(H,31,32)/t22-/m0/s1. The predicted molar refractivity (Wildman–Crippen MR) is 134 cm³/mol. The average Bonchev–Trinajstić information content (AvgIpc) is 2.87. The topological polar surface area (TPSA) is 172 Å². The van der Waals surface area contributed by atoms with Gasteiger partial charge in [-0.15, -0.1) is 0 Å². The van der Waals surface area contributed by atoms with Crippen LogP contribution in [0.4, 0.5) is 0 Å². The van der Waals surface area contributed by atoms with E-state index in [1.165, 1.54) is 31.4 Å². The number of amidine groups is 1. The van der Waals surface area contributed by atoms with Crippen LogP contribution in [0.3, 0.4) is 0 Å². The Morgan fingerprint density at radius 1 is 0.972 bits per heavy atom. The minimum absolute atomic E-state index is 0.0124. The number of hydrogen-bond acceptors (Lipinski definition) is 6. The number of carboxylic acid groups (broad SMARTS) is 1. The number of amides is 1. The Morgan fingerprint density at radius 3 is 2.03 bits per heavy atom. The van der Waals surface area contributed by atoms with E-state index in [2.05, 4.69) is 10.0 Å². The van der Waals surface area contributed by atoms with Gasteiger partial charge in [-0.25, -0.2) is 8.42 Å². The van der Waals surface area contributed by atoms with Crippen molar-refractivity contribution in [2.75, 3.05) is 13.7 Å². The molecule has 0 spiro atoms. The van der Waals surface area contributed by atoms with Gasteiger partial charge in [0.25, 0.3) is 0 Å². The number of carboxylic acids is 1. The van der Waals surface area contributed by atoms with Gasteiger partial charge in [0, 0.05) is 12.1 Å². The third kappa shape index (κ3) is 6.90. The Labute approximate surface area is 208 Å². The van der Waals surface area contributed by atoms with Crippen molar-refractivity contribution in [3.63, 3.8) is 0 Å². The average molecular weight is 511 g/mol. The number of sulfonamides is 1.